The van der Waals surface area contributed by atoms with Crippen molar-refractivity contribution < 1.29 is 8.76 Å². The highest BCUT2D eigenvalue weighted by Crippen LogP contribution is 2.03. The van der Waals surface area contributed by atoms with Gasteiger partial charge in [0.15, 0.2) is 0 Å². The van der Waals surface area contributed by atoms with Crippen molar-refractivity contribution in [1.82, 2.24) is 4.31 Å². The topological polar surface area (TPSA) is 52.9 Å². The number of aliphatic imine (C=N–C) groups is 1. The third-order valence-corrected chi connectivity index (χ3v) is 2.55. The van der Waals surface area contributed by atoms with Crippen molar-refractivity contribution in [3.63, 3.8) is 0 Å². The number of amidine groups is 1. The van der Waals surface area contributed by atoms with Crippen LogP contribution in [0, 0.1) is 0 Å². The van der Waals surface area contributed by atoms with Crippen molar-refractivity contribution in [3.05, 3.63) is 0 Å². The van der Waals surface area contributed by atoms with Crippen LogP contribution in [-0.4, -0.2) is 32.5 Å². The molecule has 0 aliphatic heterocycles. The molecule has 0 spiro atoms. The smallest absolute Gasteiger partial charge is 0.262 e. The molecule has 5 heteroatoms. The third-order valence-electron chi connectivity index (χ3n) is 1.87. The Morgan fingerprint density at radius 1 is 1.43 bits per heavy atom. The number of nitrogens with zero attached hydrogens (tertiary/aromatic N) is 2. The highest BCUT2D eigenvalue weighted by Gasteiger charge is 2.10. The fourth-order valence-corrected chi connectivity index (χ4v) is 1.33. The summed E-state index contributed by atoms with van der Waals surface area (Å²) in [7, 11) is 1.60. The van der Waals surface area contributed by atoms with E-state index in [9.17, 15) is 4.21 Å². The fourth-order valence-electron chi connectivity index (χ4n) is 1.00. The Balaban J connectivity index is 4.29. The van der Waals surface area contributed by atoms with E-state index in [1.165, 1.54) is 4.31 Å². The second kappa shape index (κ2) is 7.94. The standard InChI is InChI=1S/C9H20N2O2S/c1-4-6-7-9(10-8-5-2)11(3)14(12)13/h4-8H2,1-3H3,(H,12,13). The van der Waals surface area contributed by atoms with E-state index in [1.807, 2.05) is 6.92 Å². The van der Waals surface area contributed by atoms with E-state index in [2.05, 4.69) is 11.9 Å². The van der Waals surface area contributed by atoms with Gasteiger partial charge in [0.25, 0.3) is 11.3 Å². The maximum atomic E-state index is 10.8. The molecule has 0 aromatic carbocycles. The fraction of sp³-hybridized carbons (Fsp3) is 0.889. The van der Waals surface area contributed by atoms with E-state index in [1.54, 1.807) is 7.05 Å². The van der Waals surface area contributed by atoms with Gasteiger partial charge in [-0.1, -0.05) is 20.3 Å². The number of hydrogen-bond donors (Lipinski definition) is 1. The zero-order chi connectivity index (χ0) is 11.0. The molecule has 0 rings (SSSR count). The summed E-state index contributed by atoms with van der Waals surface area (Å²) in [6.45, 7) is 4.85. The first kappa shape index (κ1) is 13.6. The Morgan fingerprint density at radius 2 is 2.07 bits per heavy atom. The minimum absolute atomic E-state index is 0.723. The molecule has 0 saturated carbocycles. The van der Waals surface area contributed by atoms with Crippen LogP contribution < -0.4 is 0 Å². The maximum absolute atomic E-state index is 10.8. The number of unbranched alkanes of at least 4 members (excludes halogenated alkanes) is 1. The lowest BCUT2D eigenvalue weighted by Crippen LogP contribution is -2.28. The largest absolute Gasteiger partial charge is 0.289 e. The molecule has 0 aromatic rings. The SMILES string of the molecule is CCCCC(=NCCC)N(C)S(=O)O. The minimum Gasteiger partial charge on any atom is -0.289 e. The Labute approximate surface area is 88.8 Å². The Hall–Kier alpha value is -0.420. The first-order valence-corrected chi connectivity index (χ1v) is 6.07. The summed E-state index contributed by atoms with van der Waals surface area (Å²) in [5.41, 5.74) is 0. The predicted molar refractivity (Wildman–Crippen MR) is 60.7 cm³/mol. The van der Waals surface area contributed by atoms with E-state index >= 15 is 0 Å². The van der Waals surface area contributed by atoms with E-state index < -0.39 is 11.3 Å². The van der Waals surface area contributed by atoms with E-state index in [4.69, 9.17) is 4.55 Å². The van der Waals surface area contributed by atoms with Gasteiger partial charge < -0.3 is 0 Å². The maximum Gasteiger partial charge on any atom is 0.262 e. The molecule has 0 saturated heterocycles. The lowest BCUT2D eigenvalue weighted by atomic mass is 10.2. The van der Waals surface area contributed by atoms with Gasteiger partial charge in [0.2, 0.25) is 0 Å². The highest BCUT2D eigenvalue weighted by atomic mass is 32.2. The van der Waals surface area contributed by atoms with Crippen molar-refractivity contribution in [2.24, 2.45) is 4.99 Å². The molecule has 1 unspecified atom stereocenters. The second-order valence-electron chi connectivity index (χ2n) is 3.13. The predicted octanol–water partition coefficient (Wildman–Crippen LogP) is 2.05. The van der Waals surface area contributed by atoms with Crippen molar-refractivity contribution in [1.29, 1.82) is 0 Å². The summed E-state index contributed by atoms with van der Waals surface area (Å²) >= 11 is -1.94. The molecule has 0 radical (unpaired) electrons. The van der Waals surface area contributed by atoms with Crippen LogP contribution in [0.1, 0.15) is 39.5 Å². The molecule has 0 aliphatic rings. The van der Waals surface area contributed by atoms with Gasteiger partial charge in [0, 0.05) is 20.0 Å². The van der Waals surface area contributed by atoms with E-state index in [0.29, 0.717) is 0 Å². The molecule has 14 heavy (non-hydrogen) atoms. The Morgan fingerprint density at radius 3 is 2.50 bits per heavy atom. The molecule has 1 atom stereocenters. The molecule has 0 aromatic heterocycles. The summed E-state index contributed by atoms with van der Waals surface area (Å²) in [5.74, 6) is 0.731. The molecule has 4 nitrogen and oxygen atoms in total. The summed E-state index contributed by atoms with van der Waals surface area (Å²) in [6, 6.07) is 0. The highest BCUT2D eigenvalue weighted by molar-refractivity contribution is 7.77. The lowest BCUT2D eigenvalue weighted by molar-refractivity contribution is 0.515. The minimum atomic E-state index is -1.94. The molecule has 0 heterocycles. The molecule has 0 amide bonds. The van der Waals surface area contributed by atoms with Gasteiger partial charge in [-0.25, -0.2) is 4.21 Å². The van der Waals surface area contributed by atoms with Crippen molar-refractivity contribution in [2.45, 2.75) is 39.5 Å². The average Bonchev–Trinajstić information content (AvgIpc) is 2.17. The van der Waals surface area contributed by atoms with Crippen LogP contribution >= 0.6 is 0 Å². The van der Waals surface area contributed by atoms with Gasteiger partial charge in [0.1, 0.15) is 5.84 Å². The first-order valence-electron chi connectivity index (χ1n) is 5.01. The zero-order valence-electron chi connectivity index (χ0n) is 9.19. The molecular formula is C9H20N2O2S. The van der Waals surface area contributed by atoms with Gasteiger partial charge in [-0.2, -0.15) is 0 Å². The molecule has 1 N–H and O–H groups in total. The third kappa shape index (κ3) is 5.34. The van der Waals surface area contributed by atoms with E-state index in [0.717, 1.165) is 38.1 Å². The van der Waals surface area contributed by atoms with Crippen LogP contribution in [0.5, 0.6) is 0 Å². The van der Waals surface area contributed by atoms with Crippen LogP contribution in [0.2, 0.25) is 0 Å². The van der Waals surface area contributed by atoms with Crippen molar-refractivity contribution in [2.75, 3.05) is 13.6 Å². The lowest BCUT2D eigenvalue weighted by Gasteiger charge is -2.16. The summed E-state index contributed by atoms with van der Waals surface area (Å²) in [6.07, 6.45) is 3.81. The Kier molecular flexibility index (Phi) is 7.70. The van der Waals surface area contributed by atoms with Crippen LogP contribution in [-0.2, 0) is 11.3 Å². The summed E-state index contributed by atoms with van der Waals surface area (Å²) in [4.78, 5) is 4.29. The van der Waals surface area contributed by atoms with Gasteiger partial charge in [0.05, 0.1) is 0 Å². The normalized spacial score (nSPS) is 14.1. The van der Waals surface area contributed by atoms with Crippen LogP contribution in [0.4, 0.5) is 0 Å². The summed E-state index contributed by atoms with van der Waals surface area (Å²) in [5, 5.41) is 0. The monoisotopic (exact) mass is 220 g/mol. The zero-order valence-corrected chi connectivity index (χ0v) is 10.0. The van der Waals surface area contributed by atoms with Crippen LogP contribution in [0.15, 0.2) is 4.99 Å². The molecule has 84 valence electrons. The second-order valence-corrected chi connectivity index (χ2v) is 4.14. The van der Waals surface area contributed by atoms with Gasteiger partial charge >= 0.3 is 0 Å². The quantitative estimate of drug-likeness (QED) is 0.423. The number of hydrogen-bond acceptors (Lipinski definition) is 2. The van der Waals surface area contributed by atoms with Gasteiger partial charge in [-0.3, -0.25) is 13.9 Å². The van der Waals surface area contributed by atoms with Gasteiger partial charge in [-0.05, 0) is 12.8 Å². The Bertz CT molecular complexity index is 207. The van der Waals surface area contributed by atoms with E-state index in [-0.39, 0.29) is 0 Å². The molecular weight excluding hydrogens is 200 g/mol. The molecule has 0 aliphatic carbocycles. The summed E-state index contributed by atoms with van der Waals surface area (Å²) < 4.78 is 21.1. The van der Waals surface area contributed by atoms with Crippen molar-refractivity contribution >= 4 is 17.1 Å². The molecule has 0 bridgehead atoms. The van der Waals surface area contributed by atoms with Crippen LogP contribution in [0.25, 0.3) is 0 Å². The average molecular weight is 220 g/mol. The first-order chi connectivity index (χ1) is 6.63. The van der Waals surface area contributed by atoms with Crippen molar-refractivity contribution in [3.8, 4) is 0 Å². The van der Waals surface area contributed by atoms with Gasteiger partial charge in [-0.15, -0.1) is 0 Å². The number of rotatable bonds is 6. The molecule has 0 fully saturated rings. The van der Waals surface area contributed by atoms with Crippen LogP contribution in [0.3, 0.4) is 0 Å².